The van der Waals surface area contributed by atoms with E-state index in [9.17, 15) is 0 Å². The Morgan fingerprint density at radius 3 is 2.94 bits per heavy atom. The molecule has 2 aromatic heterocycles. The van der Waals surface area contributed by atoms with Gasteiger partial charge < -0.3 is 5.73 Å². The lowest BCUT2D eigenvalue weighted by Crippen LogP contribution is -1.84. The molecule has 3 rings (SSSR count). The van der Waals surface area contributed by atoms with Crippen molar-refractivity contribution < 1.29 is 0 Å². The van der Waals surface area contributed by atoms with Gasteiger partial charge in [-0.3, -0.25) is 4.98 Å². The zero-order chi connectivity index (χ0) is 11.0. The molecule has 0 unspecified atom stereocenters. The van der Waals surface area contributed by atoms with Crippen LogP contribution >= 0.6 is 11.3 Å². The van der Waals surface area contributed by atoms with Crippen LogP contribution in [0.1, 0.15) is 0 Å². The molecule has 0 saturated carbocycles. The van der Waals surface area contributed by atoms with E-state index >= 15 is 0 Å². The highest BCUT2D eigenvalue weighted by Crippen LogP contribution is 2.25. The van der Waals surface area contributed by atoms with Crippen LogP contribution in [0.2, 0.25) is 0 Å². The molecular weight excluding hydrogens is 218 g/mol. The van der Waals surface area contributed by atoms with Gasteiger partial charge in [0, 0.05) is 22.5 Å². The molecule has 0 aliphatic rings. The number of anilines is 1. The second-order valence-electron chi connectivity index (χ2n) is 3.48. The van der Waals surface area contributed by atoms with Crippen LogP contribution in [0, 0.1) is 0 Å². The lowest BCUT2D eigenvalue weighted by molar-refractivity contribution is 1.39. The maximum Gasteiger partial charge on any atom is 0.180 e. The first-order chi connectivity index (χ1) is 7.83. The van der Waals surface area contributed by atoms with E-state index in [1.807, 2.05) is 35.7 Å². The summed E-state index contributed by atoms with van der Waals surface area (Å²) in [4.78, 5) is 8.57. The first-order valence-corrected chi connectivity index (χ1v) is 5.77. The van der Waals surface area contributed by atoms with Gasteiger partial charge in [0.05, 0.1) is 11.2 Å². The molecule has 78 valence electrons. The second kappa shape index (κ2) is 3.57. The average molecular weight is 227 g/mol. The van der Waals surface area contributed by atoms with Gasteiger partial charge >= 0.3 is 0 Å². The predicted molar refractivity (Wildman–Crippen MR) is 67.3 cm³/mol. The lowest BCUT2D eigenvalue weighted by Gasteiger charge is -1.99. The van der Waals surface area contributed by atoms with Crippen molar-refractivity contribution in [3.63, 3.8) is 0 Å². The van der Waals surface area contributed by atoms with Crippen LogP contribution < -0.4 is 5.73 Å². The molecule has 3 aromatic rings. The van der Waals surface area contributed by atoms with Crippen molar-refractivity contribution in [2.75, 3.05) is 5.73 Å². The van der Waals surface area contributed by atoms with Crippen LogP contribution in [0.4, 0.5) is 5.13 Å². The van der Waals surface area contributed by atoms with Gasteiger partial charge in [-0.25, -0.2) is 4.98 Å². The Kier molecular flexibility index (Phi) is 2.08. The van der Waals surface area contributed by atoms with E-state index in [0.29, 0.717) is 5.13 Å². The Bertz CT molecular complexity index is 645. The number of thiazole rings is 1. The quantitative estimate of drug-likeness (QED) is 0.695. The van der Waals surface area contributed by atoms with Crippen LogP contribution in [0.3, 0.4) is 0 Å². The number of aromatic nitrogens is 2. The Morgan fingerprint density at radius 1 is 1.19 bits per heavy atom. The topological polar surface area (TPSA) is 51.8 Å². The van der Waals surface area contributed by atoms with Crippen LogP contribution in [0.15, 0.2) is 41.9 Å². The average Bonchev–Trinajstić information content (AvgIpc) is 2.75. The summed E-state index contributed by atoms with van der Waals surface area (Å²) in [7, 11) is 0. The first kappa shape index (κ1) is 9.30. The van der Waals surface area contributed by atoms with E-state index in [1.54, 1.807) is 6.20 Å². The third kappa shape index (κ3) is 1.53. The van der Waals surface area contributed by atoms with Gasteiger partial charge in [0.15, 0.2) is 5.13 Å². The van der Waals surface area contributed by atoms with Crippen molar-refractivity contribution in [2.24, 2.45) is 0 Å². The standard InChI is InChI=1S/C12H9N3S/c13-12-15-11(7-16-12)9-4-3-8-2-1-5-14-10(8)6-9/h1-7H,(H2,13,15). The van der Waals surface area contributed by atoms with E-state index in [2.05, 4.69) is 9.97 Å². The highest BCUT2D eigenvalue weighted by atomic mass is 32.1. The number of hydrogen-bond donors (Lipinski definition) is 1. The highest BCUT2D eigenvalue weighted by molar-refractivity contribution is 7.13. The lowest BCUT2D eigenvalue weighted by atomic mass is 10.1. The SMILES string of the molecule is Nc1nc(-c2ccc3cccnc3c2)cs1. The molecule has 0 aliphatic carbocycles. The fourth-order valence-corrected chi connectivity index (χ4v) is 2.22. The van der Waals surface area contributed by atoms with Crippen LogP contribution in [-0.4, -0.2) is 9.97 Å². The molecule has 0 spiro atoms. The molecule has 2 heterocycles. The first-order valence-electron chi connectivity index (χ1n) is 4.89. The molecule has 0 radical (unpaired) electrons. The van der Waals surface area contributed by atoms with Crippen molar-refractivity contribution in [1.82, 2.24) is 9.97 Å². The van der Waals surface area contributed by atoms with Crippen molar-refractivity contribution in [2.45, 2.75) is 0 Å². The molecule has 16 heavy (non-hydrogen) atoms. The summed E-state index contributed by atoms with van der Waals surface area (Å²) >= 11 is 1.45. The van der Waals surface area contributed by atoms with Crippen LogP contribution in [-0.2, 0) is 0 Å². The molecule has 3 nitrogen and oxygen atoms in total. The van der Waals surface area contributed by atoms with E-state index in [1.165, 1.54) is 11.3 Å². The molecule has 0 amide bonds. The molecule has 0 fully saturated rings. The number of rotatable bonds is 1. The van der Waals surface area contributed by atoms with Gasteiger partial charge in [-0.2, -0.15) is 0 Å². The second-order valence-corrected chi connectivity index (χ2v) is 4.37. The summed E-state index contributed by atoms with van der Waals surface area (Å²) in [6.45, 7) is 0. The molecule has 0 saturated heterocycles. The minimum absolute atomic E-state index is 0.594. The van der Waals surface area contributed by atoms with Gasteiger partial charge in [0.2, 0.25) is 0 Å². The minimum atomic E-state index is 0.594. The molecule has 0 bridgehead atoms. The zero-order valence-electron chi connectivity index (χ0n) is 8.42. The Balaban J connectivity index is 2.18. The summed E-state index contributed by atoms with van der Waals surface area (Å²) in [5.41, 5.74) is 8.57. The molecule has 0 aliphatic heterocycles. The number of hydrogen-bond acceptors (Lipinski definition) is 4. The summed E-state index contributed by atoms with van der Waals surface area (Å²) in [6.07, 6.45) is 1.79. The number of nitrogen functional groups attached to an aromatic ring is 1. The van der Waals surface area contributed by atoms with Gasteiger partial charge in [-0.15, -0.1) is 11.3 Å². The third-order valence-corrected chi connectivity index (χ3v) is 3.10. The molecule has 1 aromatic carbocycles. The number of fused-ring (bicyclic) bond motifs is 1. The summed E-state index contributed by atoms with van der Waals surface area (Å²) in [6, 6.07) is 10.1. The van der Waals surface area contributed by atoms with Gasteiger partial charge in [0.1, 0.15) is 0 Å². The van der Waals surface area contributed by atoms with E-state index in [-0.39, 0.29) is 0 Å². The number of nitrogens with two attached hydrogens (primary N) is 1. The monoisotopic (exact) mass is 227 g/mol. The molecule has 0 atom stereocenters. The Labute approximate surface area is 96.6 Å². The number of pyridine rings is 1. The Hall–Kier alpha value is -1.94. The van der Waals surface area contributed by atoms with Crippen molar-refractivity contribution in [3.05, 3.63) is 41.9 Å². The van der Waals surface area contributed by atoms with Crippen molar-refractivity contribution in [1.29, 1.82) is 0 Å². The smallest absolute Gasteiger partial charge is 0.180 e. The number of nitrogens with zero attached hydrogens (tertiary/aromatic N) is 2. The summed E-state index contributed by atoms with van der Waals surface area (Å²) < 4.78 is 0. The molecular formula is C12H9N3S. The normalized spacial score (nSPS) is 10.8. The highest BCUT2D eigenvalue weighted by Gasteiger charge is 2.03. The van der Waals surface area contributed by atoms with Gasteiger partial charge in [-0.1, -0.05) is 18.2 Å². The van der Waals surface area contributed by atoms with E-state index < -0.39 is 0 Å². The summed E-state index contributed by atoms with van der Waals surface area (Å²) in [5, 5.41) is 3.69. The maximum atomic E-state index is 5.62. The number of benzene rings is 1. The molecule has 2 N–H and O–H groups in total. The minimum Gasteiger partial charge on any atom is -0.375 e. The van der Waals surface area contributed by atoms with Gasteiger partial charge in [-0.05, 0) is 12.1 Å². The fraction of sp³-hybridized carbons (Fsp3) is 0. The van der Waals surface area contributed by atoms with Gasteiger partial charge in [0.25, 0.3) is 0 Å². The van der Waals surface area contributed by atoms with E-state index in [4.69, 9.17) is 5.73 Å². The molecule has 4 heteroatoms. The van der Waals surface area contributed by atoms with Crippen LogP contribution in [0.5, 0.6) is 0 Å². The van der Waals surface area contributed by atoms with Crippen molar-refractivity contribution in [3.8, 4) is 11.3 Å². The van der Waals surface area contributed by atoms with Crippen LogP contribution in [0.25, 0.3) is 22.2 Å². The zero-order valence-corrected chi connectivity index (χ0v) is 9.24. The Morgan fingerprint density at radius 2 is 2.12 bits per heavy atom. The largest absolute Gasteiger partial charge is 0.375 e. The predicted octanol–water partition coefficient (Wildman–Crippen LogP) is 2.94. The summed E-state index contributed by atoms with van der Waals surface area (Å²) in [5.74, 6) is 0. The van der Waals surface area contributed by atoms with Crippen molar-refractivity contribution >= 4 is 27.4 Å². The van der Waals surface area contributed by atoms with E-state index in [0.717, 1.165) is 22.2 Å². The third-order valence-electron chi connectivity index (χ3n) is 2.42. The maximum absolute atomic E-state index is 5.62. The fourth-order valence-electron chi connectivity index (χ4n) is 1.65.